The van der Waals surface area contributed by atoms with Crippen LogP contribution in [0.15, 0.2) is 24.3 Å². The van der Waals surface area contributed by atoms with Crippen LogP contribution in [0.1, 0.15) is 28.8 Å². The largest absolute Gasteiger partial charge is 0.417 e. The number of nitrogens with one attached hydrogen (secondary N) is 1. The highest BCUT2D eigenvalue weighted by atomic mass is 19.4. The molecule has 0 aliphatic heterocycles. The summed E-state index contributed by atoms with van der Waals surface area (Å²) in [5, 5.41) is 21.2. The lowest BCUT2D eigenvalue weighted by molar-refractivity contribution is -0.137. The number of aliphatic hydroxyl groups excluding tert-OH is 2. The molecule has 0 bridgehead atoms. The van der Waals surface area contributed by atoms with Gasteiger partial charge in [-0.1, -0.05) is 12.1 Å². The first kappa shape index (κ1) is 15.8. The molecule has 1 amide bonds. The predicted octanol–water partition coefficient (Wildman–Crippen LogP) is 1.57. The van der Waals surface area contributed by atoms with Crippen molar-refractivity contribution >= 4 is 5.91 Å². The molecule has 1 aliphatic carbocycles. The number of hydrogen-bond acceptors (Lipinski definition) is 3. The van der Waals surface area contributed by atoms with E-state index in [0.29, 0.717) is 6.42 Å². The summed E-state index contributed by atoms with van der Waals surface area (Å²) in [5.41, 5.74) is -1.42. The van der Waals surface area contributed by atoms with Crippen LogP contribution >= 0.6 is 0 Å². The van der Waals surface area contributed by atoms with Gasteiger partial charge in [-0.2, -0.15) is 13.2 Å². The summed E-state index contributed by atoms with van der Waals surface area (Å²) in [7, 11) is 0. The van der Waals surface area contributed by atoms with Gasteiger partial charge in [0.15, 0.2) is 0 Å². The van der Waals surface area contributed by atoms with Crippen LogP contribution in [0.2, 0.25) is 0 Å². The third-order valence-electron chi connectivity index (χ3n) is 3.70. The zero-order chi connectivity index (χ0) is 15.6. The average Bonchev–Trinajstić information content (AvgIpc) is 2.77. The van der Waals surface area contributed by atoms with E-state index in [9.17, 15) is 23.1 Å². The summed E-state index contributed by atoms with van der Waals surface area (Å²) in [6.07, 6.45) is -4.78. The zero-order valence-corrected chi connectivity index (χ0v) is 11.1. The van der Waals surface area contributed by atoms with Gasteiger partial charge < -0.3 is 15.5 Å². The quantitative estimate of drug-likeness (QED) is 0.794. The summed E-state index contributed by atoms with van der Waals surface area (Å²) >= 11 is 0. The smallest absolute Gasteiger partial charge is 0.396 e. The lowest BCUT2D eigenvalue weighted by atomic mass is 10.1. The van der Waals surface area contributed by atoms with E-state index >= 15 is 0 Å². The molecule has 3 N–H and O–H groups in total. The molecule has 3 atom stereocenters. The van der Waals surface area contributed by atoms with E-state index in [-0.39, 0.29) is 18.9 Å². The predicted molar refractivity (Wildman–Crippen MR) is 68.5 cm³/mol. The minimum atomic E-state index is -4.60. The lowest BCUT2D eigenvalue weighted by Crippen LogP contribution is -2.34. The molecule has 0 heterocycles. The van der Waals surface area contributed by atoms with Crippen molar-refractivity contribution in [3.63, 3.8) is 0 Å². The second-order valence-corrected chi connectivity index (χ2v) is 5.20. The minimum Gasteiger partial charge on any atom is -0.396 e. The van der Waals surface area contributed by atoms with Crippen LogP contribution in [0.4, 0.5) is 13.2 Å². The van der Waals surface area contributed by atoms with Crippen molar-refractivity contribution in [1.29, 1.82) is 0 Å². The minimum absolute atomic E-state index is 0.216. The van der Waals surface area contributed by atoms with Gasteiger partial charge in [0.2, 0.25) is 0 Å². The molecule has 21 heavy (non-hydrogen) atoms. The topological polar surface area (TPSA) is 69.6 Å². The highest BCUT2D eigenvalue weighted by molar-refractivity contribution is 5.96. The number of hydrogen-bond donors (Lipinski definition) is 3. The molecule has 4 nitrogen and oxygen atoms in total. The molecule has 1 aromatic carbocycles. The molecular weight excluding hydrogens is 287 g/mol. The van der Waals surface area contributed by atoms with Gasteiger partial charge in [0, 0.05) is 18.6 Å². The van der Waals surface area contributed by atoms with Gasteiger partial charge in [0.25, 0.3) is 5.91 Å². The van der Waals surface area contributed by atoms with Crippen LogP contribution in [0, 0.1) is 5.92 Å². The third-order valence-corrected chi connectivity index (χ3v) is 3.70. The van der Waals surface area contributed by atoms with Gasteiger partial charge in [0.1, 0.15) is 0 Å². The SMILES string of the molecule is O=C(N[C@@H]1C[C@H](CO)[C@H](O)C1)c1ccccc1C(F)(F)F. The maximum Gasteiger partial charge on any atom is 0.417 e. The number of rotatable bonds is 3. The number of alkyl halides is 3. The van der Waals surface area contributed by atoms with E-state index in [1.54, 1.807) is 0 Å². The molecule has 1 aliphatic rings. The van der Waals surface area contributed by atoms with E-state index in [1.807, 2.05) is 0 Å². The Balaban J connectivity index is 2.12. The summed E-state index contributed by atoms with van der Waals surface area (Å²) in [6.45, 7) is -0.216. The van der Waals surface area contributed by atoms with Crippen LogP contribution in [0.25, 0.3) is 0 Å². The van der Waals surface area contributed by atoms with Crippen LogP contribution in [-0.4, -0.2) is 34.9 Å². The molecule has 0 spiro atoms. The number of carbonyl (C=O) groups is 1. The maximum absolute atomic E-state index is 12.8. The van der Waals surface area contributed by atoms with Crippen LogP contribution in [0.5, 0.6) is 0 Å². The van der Waals surface area contributed by atoms with Crippen LogP contribution in [0.3, 0.4) is 0 Å². The van der Waals surface area contributed by atoms with Gasteiger partial charge in [0.05, 0.1) is 17.2 Å². The molecule has 116 valence electrons. The lowest BCUT2D eigenvalue weighted by Gasteiger charge is -2.16. The first-order valence-corrected chi connectivity index (χ1v) is 6.59. The first-order chi connectivity index (χ1) is 9.82. The monoisotopic (exact) mass is 303 g/mol. The zero-order valence-electron chi connectivity index (χ0n) is 11.1. The van der Waals surface area contributed by atoms with Gasteiger partial charge in [-0.05, 0) is 25.0 Å². The molecular formula is C14H16F3NO3. The van der Waals surface area contributed by atoms with Crippen molar-refractivity contribution < 1.29 is 28.2 Å². The van der Waals surface area contributed by atoms with Crippen molar-refractivity contribution in [1.82, 2.24) is 5.32 Å². The van der Waals surface area contributed by atoms with E-state index in [1.165, 1.54) is 12.1 Å². The molecule has 2 rings (SSSR count). The Labute approximate surface area is 119 Å². The van der Waals surface area contributed by atoms with Crippen LogP contribution in [-0.2, 0) is 6.18 Å². The molecule has 1 aromatic rings. The highest BCUT2D eigenvalue weighted by Gasteiger charge is 2.37. The Bertz CT molecular complexity index is 518. The number of halogens is 3. The van der Waals surface area contributed by atoms with E-state index in [2.05, 4.69) is 5.32 Å². The molecule has 0 aromatic heterocycles. The second kappa shape index (κ2) is 6.03. The Morgan fingerprint density at radius 1 is 1.29 bits per heavy atom. The second-order valence-electron chi connectivity index (χ2n) is 5.20. The fourth-order valence-corrected chi connectivity index (χ4v) is 2.61. The fourth-order valence-electron chi connectivity index (χ4n) is 2.61. The molecule has 0 unspecified atom stereocenters. The number of benzene rings is 1. The Morgan fingerprint density at radius 2 is 1.95 bits per heavy atom. The van der Waals surface area contributed by atoms with Gasteiger partial charge >= 0.3 is 6.18 Å². The van der Waals surface area contributed by atoms with Crippen molar-refractivity contribution in [2.45, 2.75) is 31.2 Å². The van der Waals surface area contributed by atoms with Crippen LogP contribution < -0.4 is 5.32 Å². The molecule has 1 fully saturated rings. The van der Waals surface area contributed by atoms with Gasteiger partial charge in [-0.15, -0.1) is 0 Å². The Hall–Kier alpha value is -1.60. The summed E-state index contributed by atoms with van der Waals surface area (Å²) in [6, 6.07) is 4.12. The number of carbonyl (C=O) groups excluding carboxylic acids is 1. The van der Waals surface area contributed by atoms with Gasteiger partial charge in [-0.25, -0.2) is 0 Å². The molecule has 1 saturated carbocycles. The molecule has 7 heteroatoms. The van der Waals surface area contributed by atoms with Crippen molar-refractivity contribution in [2.24, 2.45) is 5.92 Å². The van der Waals surface area contributed by atoms with E-state index in [0.717, 1.165) is 12.1 Å². The standard InChI is InChI=1S/C14H16F3NO3/c15-14(16,17)11-4-2-1-3-10(11)13(21)18-9-5-8(7-19)12(20)6-9/h1-4,8-9,12,19-20H,5-7H2,(H,18,21)/t8-,9-,12-/m1/s1. The number of aliphatic hydroxyl groups is 2. The normalized spacial score (nSPS) is 25.9. The summed E-state index contributed by atoms with van der Waals surface area (Å²) in [5.74, 6) is -1.17. The average molecular weight is 303 g/mol. The first-order valence-electron chi connectivity index (χ1n) is 6.59. The fraction of sp³-hybridized carbons (Fsp3) is 0.500. The van der Waals surface area contributed by atoms with E-state index in [4.69, 9.17) is 5.11 Å². The van der Waals surface area contributed by atoms with Crippen molar-refractivity contribution in [2.75, 3.05) is 6.61 Å². The van der Waals surface area contributed by atoms with E-state index < -0.39 is 35.4 Å². The van der Waals surface area contributed by atoms with Crippen molar-refractivity contribution in [3.8, 4) is 0 Å². The molecule has 0 radical (unpaired) electrons. The number of amides is 1. The summed E-state index contributed by atoms with van der Waals surface area (Å²) < 4.78 is 38.5. The third kappa shape index (κ3) is 3.54. The van der Waals surface area contributed by atoms with Crippen molar-refractivity contribution in [3.05, 3.63) is 35.4 Å². The summed E-state index contributed by atoms with van der Waals surface area (Å²) in [4.78, 5) is 12.0. The Kier molecular flexibility index (Phi) is 4.53. The maximum atomic E-state index is 12.8. The molecule has 0 saturated heterocycles. The Morgan fingerprint density at radius 3 is 2.52 bits per heavy atom. The van der Waals surface area contributed by atoms with Gasteiger partial charge in [-0.3, -0.25) is 4.79 Å². The highest BCUT2D eigenvalue weighted by Crippen LogP contribution is 2.32.